The minimum Gasteiger partial charge on any atom is -0.497 e. The van der Waals surface area contributed by atoms with Crippen LogP contribution in [0.4, 0.5) is 5.69 Å². The van der Waals surface area contributed by atoms with E-state index >= 15 is 0 Å². The number of fused-ring (bicyclic) bond motifs is 1. The number of carbonyl (C=O) groups is 2. The Kier molecular flexibility index (Phi) is 6.18. The highest BCUT2D eigenvalue weighted by Gasteiger charge is 2.15. The third-order valence-electron chi connectivity index (χ3n) is 4.53. The first-order chi connectivity index (χ1) is 15.1. The van der Waals surface area contributed by atoms with E-state index in [1.54, 1.807) is 31.4 Å². The van der Waals surface area contributed by atoms with Gasteiger partial charge in [-0.3, -0.25) is 9.59 Å². The summed E-state index contributed by atoms with van der Waals surface area (Å²) >= 11 is 1.08. The van der Waals surface area contributed by atoms with E-state index in [1.807, 2.05) is 42.5 Å². The van der Waals surface area contributed by atoms with Crippen LogP contribution in [0.25, 0.3) is 10.8 Å². The Morgan fingerprint density at radius 3 is 2.52 bits per heavy atom. The van der Waals surface area contributed by atoms with Crippen molar-refractivity contribution in [2.24, 2.45) is 0 Å². The van der Waals surface area contributed by atoms with Gasteiger partial charge >= 0.3 is 5.97 Å². The maximum Gasteiger partial charge on any atom is 0.310 e. The SMILES string of the molecule is COc1ccc(NC(=O)c2nnc(COC(=O)Cc3ccc4ccccc4c3)s2)cc1. The fraction of sp³-hybridized carbons (Fsp3) is 0.130. The normalized spacial score (nSPS) is 10.6. The Morgan fingerprint density at radius 2 is 1.74 bits per heavy atom. The molecule has 4 aromatic rings. The van der Waals surface area contributed by atoms with Gasteiger partial charge in [0.25, 0.3) is 5.91 Å². The lowest BCUT2D eigenvalue weighted by Crippen LogP contribution is -2.11. The lowest BCUT2D eigenvalue weighted by Gasteiger charge is -2.04. The fourth-order valence-corrected chi connectivity index (χ4v) is 3.62. The molecule has 0 fully saturated rings. The number of methoxy groups -OCH3 is 1. The van der Waals surface area contributed by atoms with Gasteiger partial charge in [0.2, 0.25) is 5.01 Å². The molecule has 1 heterocycles. The lowest BCUT2D eigenvalue weighted by atomic mass is 10.1. The summed E-state index contributed by atoms with van der Waals surface area (Å²) in [6.45, 7) is -0.0279. The van der Waals surface area contributed by atoms with Crippen LogP contribution in [0.1, 0.15) is 20.4 Å². The van der Waals surface area contributed by atoms with Crippen LogP contribution in [0.2, 0.25) is 0 Å². The van der Waals surface area contributed by atoms with Crippen molar-refractivity contribution in [1.29, 1.82) is 0 Å². The number of esters is 1. The molecule has 1 aromatic heterocycles. The molecule has 7 nitrogen and oxygen atoms in total. The summed E-state index contributed by atoms with van der Waals surface area (Å²) in [5, 5.41) is 13.4. The molecular formula is C23H19N3O4S. The largest absolute Gasteiger partial charge is 0.497 e. The van der Waals surface area contributed by atoms with Crippen LogP contribution in [0.15, 0.2) is 66.7 Å². The predicted octanol–water partition coefficient (Wildman–Crippen LogP) is 4.24. The molecule has 0 aliphatic heterocycles. The molecule has 0 saturated carbocycles. The third-order valence-corrected chi connectivity index (χ3v) is 5.42. The van der Waals surface area contributed by atoms with Gasteiger partial charge in [0.05, 0.1) is 13.5 Å². The van der Waals surface area contributed by atoms with Crippen molar-refractivity contribution in [3.8, 4) is 5.75 Å². The number of rotatable bonds is 7. The second-order valence-electron chi connectivity index (χ2n) is 6.70. The number of carbonyl (C=O) groups excluding carboxylic acids is 2. The molecule has 31 heavy (non-hydrogen) atoms. The van der Waals surface area contributed by atoms with Crippen molar-refractivity contribution in [2.75, 3.05) is 12.4 Å². The Labute approximate surface area is 182 Å². The third kappa shape index (κ3) is 5.23. The van der Waals surface area contributed by atoms with E-state index in [2.05, 4.69) is 15.5 Å². The predicted molar refractivity (Wildman–Crippen MR) is 118 cm³/mol. The van der Waals surface area contributed by atoms with Gasteiger partial charge in [-0.1, -0.05) is 53.8 Å². The van der Waals surface area contributed by atoms with Crippen LogP contribution >= 0.6 is 11.3 Å². The van der Waals surface area contributed by atoms with Crippen molar-refractivity contribution in [3.05, 3.63) is 82.3 Å². The molecule has 0 aliphatic carbocycles. The lowest BCUT2D eigenvalue weighted by molar-refractivity contribution is -0.144. The first-order valence-corrected chi connectivity index (χ1v) is 10.3. The molecule has 156 valence electrons. The molecule has 0 aliphatic rings. The summed E-state index contributed by atoms with van der Waals surface area (Å²) in [4.78, 5) is 24.5. The Morgan fingerprint density at radius 1 is 0.968 bits per heavy atom. The molecule has 3 aromatic carbocycles. The second-order valence-corrected chi connectivity index (χ2v) is 7.76. The van der Waals surface area contributed by atoms with Gasteiger partial charge in [0, 0.05) is 5.69 Å². The van der Waals surface area contributed by atoms with Crippen LogP contribution in [0.5, 0.6) is 5.75 Å². The van der Waals surface area contributed by atoms with Crippen molar-refractivity contribution in [2.45, 2.75) is 13.0 Å². The number of amides is 1. The van der Waals surface area contributed by atoms with Crippen molar-refractivity contribution in [1.82, 2.24) is 10.2 Å². The Bertz CT molecular complexity index is 1220. The topological polar surface area (TPSA) is 90.4 Å². The van der Waals surface area contributed by atoms with Gasteiger partial charge in [-0.25, -0.2) is 0 Å². The molecule has 1 N–H and O–H groups in total. The van der Waals surface area contributed by atoms with Crippen LogP contribution in [0.3, 0.4) is 0 Å². The number of anilines is 1. The first-order valence-electron chi connectivity index (χ1n) is 9.52. The first kappa shape index (κ1) is 20.5. The van der Waals surface area contributed by atoms with Gasteiger partial charge in [0.1, 0.15) is 12.4 Å². The maximum atomic E-state index is 12.3. The molecule has 0 saturated heterocycles. The molecule has 8 heteroatoms. The maximum absolute atomic E-state index is 12.3. The number of aromatic nitrogens is 2. The summed E-state index contributed by atoms with van der Waals surface area (Å²) in [6.07, 6.45) is 0.161. The van der Waals surface area contributed by atoms with E-state index in [0.29, 0.717) is 16.4 Å². The van der Waals surface area contributed by atoms with Crippen LogP contribution in [-0.4, -0.2) is 29.2 Å². The summed E-state index contributed by atoms with van der Waals surface area (Å²) < 4.78 is 10.4. The minimum absolute atomic E-state index is 0.0279. The summed E-state index contributed by atoms with van der Waals surface area (Å²) in [6, 6.07) is 20.8. The standard InChI is InChI=1S/C23H19N3O4S/c1-29-19-10-8-18(9-11-19)24-22(28)23-26-25-20(31-23)14-30-21(27)13-15-6-7-16-4-2-3-5-17(16)12-15/h2-12H,13-14H2,1H3,(H,24,28). The summed E-state index contributed by atoms with van der Waals surface area (Å²) in [5.41, 5.74) is 1.49. The minimum atomic E-state index is -0.378. The number of hydrogen-bond donors (Lipinski definition) is 1. The number of nitrogens with zero attached hydrogens (tertiary/aromatic N) is 2. The summed E-state index contributed by atoms with van der Waals surface area (Å²) in [7, 11) is 1.57. The molecule has 0 radical (unpaired) electrons. The Hall–Kier alpha value is -3.78. The monoisotopic (exact) mass is 433 g/mol. The number of benzene rings is 3. The van der Waals surface area contributed by atoms with Crippen molar-refractivity contribution >= 4 is 39.7 Å². The van der Waals surface area contributed by atoms with Gasteiger partial charge in [-0.15, -0.1) is 10.2 Å². The average molecular weight is 433 g/mol. The molecule has 4 rings (SSSR count). The highest BCUT2D eigenvalue weighted by atomic mass is 32.1. The molecule has 0 bridgehead atoms. The van der Waals surface area contributed by atoms with Gasteiger partial charge < -0.3 is 14.8 Å². The van der Waals surface area contributed by atoms with E-state index in [0.717, 1.165) is 27.7 Å². The van der Waals surface area contributed by atoms with Crippen LogP contribution in [-0.2, 0) is 22.6 Å². The number of hydrogen-bond acceptors (Lipinski definition) is 7. The van der Waals surface area contributed by atoms with Gasteiger partial charge in [0.15, 0.2) is 5.01 Å². The van der Waals surface area contributed by atoms with E-state index < -0.39 is 0 Å². The highest BCUT2D eigenvalue weighted by Crippen LogP contribution is 2.19. The van der Waals surface area contributed by atoms with E-state index in [4.69, 9.17) is 9.47 Å². The van der Waals surface area contributed by atoms with Crippen molar-refractivity contribution in [3.63, 3.8) is 0 Å². The van der Waals surface area contributed by atoms with Gasteiger partial charge in [-0.05, 0) is 40.6 Å². The smallest absolute Gasteiger partial charge is 0.310 e. The molecule has 1 amide bonds. The van der Waals surface area contributed by atoms with Gasteiger partial charge in [-0.2, -0.15) is 0 Å². The van der Waals surface area contributed by atoms with Crippen LogP contribution in [0, 0.1) is 0 Å². The van der Waals surface area contributed by atoms with E-state index in [1.165, 1.54) is 0 Å². The number of ether oxygens (including phenoxy) is 2. The zero-order valence-electron chi connectivity index (χ0n) is 16.7. The van der Waals surface area contributed by atoms with E-state index in [9.17, 15) is 9.59 Å². The highest BCUT2D eigenvalue weighted by molar-refractivity contribution is 7.13. The van der Waals surface area contributed by atoms with Crippen molar-refractivity contribution < 1.29 is 19.1 Å². The number of nitrogens with one attached hydrogen (secondary N) is 1. The molecular weight excluding hydrogens is 414 g/mol. The fourth-order valence-electron chi connectivity index (χ4n) is 2.97. The van der Waals surface area contributed by atoms with Crippen LogP contribution < -0.4 is 10.1 Å². The zero-order valence-corrected chi connectivity index (χ0v) is 17.5. The molecule has 0 unspecified atom stereocenters. The average Bonchev–Trinajstić information content (AvgIpc) is 3.27. The quantitative estimate of drug-likeness (QED) is 0.439. The zero-order chi connectivity index (χ0) is 21.6. The Balaban J connectivity index is 1.30. The summed E-state index contributed by atoms with van der Waals surface area (Å²) in [5.74, 6) is -0.0483. The molecule has 0 spiro atoms. The van der Waals surface area contributed by atoms with E-state index in [-0.39, 0.29) is 29.9 Å². The molecule has 0 atom stereocenters. The second kappa shape index (κ2) is 9.36.